The summed E-state index contributed by atoms with van der Waals surface area (Å²) in [6.45, 7) is 5.71. The summed E-state index contributed by atoms with van der Waals surface area (Å²) < 4.78 is 5.39. The normalized spacial score (nSPS) is 12.2. The van der Waals surface area contributed by atoms with E-state index in [2.05, 4.69) is 10.6 Å². The Balaban J connectivity index is 2.68. The number of amides is 1. The molecule has 1 aromatic carbocycles. The highest BCUT2D eigenvalue weighted by molar-refractivity contribution is 5.93. The third-order valence-corrected chi connectivity index (χ3v) is 2.69. The fraction of sp³-hybridized carbons (Fsp3) is 0.500. The Hall–Kier alpha value is -1.39. The van der Waals surface area contributed by atoms with Crippen LogP contribution in [0.15, 0.2) is 24.3 Å². The summed E-state index contributed by atoms with van der Waals surface area (Å²) in [6.07, 6.45) is 0. The average molecular weight is 250 g/mol. The molecule has 0 aliphatic heterocycles. The van der Waals surface area contributed by atoms with Gasteiger partial charge in [0.25, 0.3) is 0 Å². The molecule has 0 bridgehead atoms. The number of benzene rings is 1. The Morgan fingerprint density at radius 2 is 2.11 bits per heavy atom. The van der Waals surface area contributed by atoms with Crippen LogP contribution in [0.5, 0.6) is 0 Å². The van der Waals surface area contributed by atoms with Gasteiger partial charge in [-0.15, -0.1) is 0 Å². The van der Waals surface area contributed by atoms with E-state index in [1.54, 1.807) is 0 Å². The van der Waals surface area contributed by atoms with Crippen LogP contribution >= 0.6 is 0 Å². The number of ether oxygens (including phenoxy) is 1. The predicted octanol–water partition coefficient (Wildman–Crippen LogP) is 2.02. The predicted molar refractivity (Wildman–Crippen MR) is 73.5 cm³/mol. The van der Waals surface area contributed by atoms with Crippen LogP contribution in [0.4, 0.5) is 5.69 Å². The molecule has 0 spiro atoms. The van der Waals surface area contributed by atoms with E-state index < -0.39 is 0 Å². The fourth-order valence-corrected chi connectivity index (χ4v) is 1.63. The van der Waals surface area contributed by atoms with Gasteiger partial charge in [-0.05, 0) is 20.0 Å². The van der Waals surface area contributed by atoms with Crippen LogP contribution in [0, 0.1) is 5.92 Å². The lowest BCUT2D eigenvalue weighted by Crippen LogP contribution is -2.29. The minimum Gasteiger partial charge on any atom is -0.377 e. The molecule has 0 heterocycles. The molecular formula is C14H22N2O2. The molecule has 1 amide bonds. The molecule has 0 aliphatic rings. The van der Waals surface area contributed by atoms with Crippen molar-refractivity contribution in [2.45, 2.75) is 20.5 Å². The molecule has 0 radical (unpaired) electrons. The third-order valence-electron chi connectivity index (χ3n) is 2.69. The van der Waals surface area contributed by atoms with Crippen LogP contribution in [-0.2, 0) is 16.1 Å². The molecule has 1 unspecified atom stereocenters. The summed E-state index contributed by atoms with van der Waals surface area (Å²) in [5, 5.41) is 5.94. The van der Waals surface area contributed by atoms with Crippen molar-refractivity contribution in [3.05, 3.63) is 29.8 Å². The van der Waals surface area contributed by atoms with Gasteiger partial charge >= 0.3 is 0 Å². The van der Waals surface area contributed by atoms with E-state index in [-0.39, 0.29) is 11.8 Å². The Morgan fingerprint density at radius 1 is 1.39 bits per heavy atom. The van der Waals surface area contributed by atoms with Crippen LogP contribution < -0.4 is 10.6 Å². The lowest BCUT2D eigenvalue weighted by molar-refractivity contribution is -0.119. The number of carbonyl (C=O) groups excluding carboxylic acids is 1. The van der Waals surface area contributed by atoms with Crippen molar-refractivity contribution in [3.63, 3.8) is 0 Å². The lowest BCUT2D eigenvalue weighted by Gasteiger charge is -2.14. The number of carbonyl (C=O) groups is 1. The van der Waals surface area contributed by atoms with E-state index in [9.17, 15) is 4.79 Å². The first-order valence-corrected chi connectivity index (χ1v) is 6.30. The SMILES string of the molecule is CCOCc1ccccc1NC(=O)C(C)CNC. The van der Waals surface area contributed by atoms with Crippen LogP contribution in [0.2, 0.25) is 0 Å². The van der Waals surface area contributed by atoms with Gasteiger partial charge in [0.1, 0.15) is 0 Å². The van der Waals surface area contributed by atoms with E-state index >= 15 is 0 Å². The van der Waals surface area contributed by atoms with Crippen LogP contribution in [0.3, 0.4) is 0 Å². The Morgan fingerprint density at radius 3 is 2.78 bits per heavy atom. The molecule has 1 aromatic rings. The summed E-state index contributed by atoms with van der Waals surface area (Å²) in [6, 6.07) is 7.72. The molecule has 2 N–H and O–H groups in total. The molecule has 0 fully saturated rings. The van der Waals surface area contributed by atoms with Crippen LogP contribution in [0.25, 0.3) is 0 Å². The molecule has 4 heteroatoms. The van der Waals surface area contributed by atoms with Gasteiger partial charge in [0, 0.05) is 30.3 Å². The minimum atomic E-state index is -0.0600. The van der Waals surface area contributed by atoms with E-state index in [0.29, 0.717) is 19.8 Å². The molecular weight excluding hydrogens is 228 g/mol. The number of nitrogens with one attached hydrogen (secondary N) is 2. The summed E-state index contributed by atoms with van der Waals surface area (Å²) >= 11 is 0. The van der Waals surface area contributed by atoms with Gasteiger partial charge in [0.05, 0.1) is 6.61 Å². The molecule has 1 atom stereocenters. The Bertz CT molecular complexity index is 380. The monoisotopic (exact) mass is 250 g/mol. The van der Waals surface area contributed by atoms with E-state index in [1.807, 2.05) is 45.2 Å². The van der Waals surface area contributed by atoms with E-state index in [4.69, 9.17) is 4.74 Å². The zero-order chi connectivity index (χ0) is 13.4. The Kier molecular flexibility index (Phi) is 6.39. The highest BCUT2D eigenvalue weighted by atomic mass is 16.5. The van der Waals surface area contributed by atoms with Gasteiger partial charge in [-0.3, -0.25) is 4.79 Å². The molecule has 0 aromatic heterocycles. The van der Waals surface area contributed by atoms with Crippen LogP contribution in [-0.4, -0.2) is 26.1 Å². The van der Waals surface area contributed by atoms with E-state index in [1.165, 1.54) is 0 Å². The maximum absolute atomic E-state index is 11.9. The molecule has 4 nitrogen and oxygen atoms in total. The summed E-state index contributed by atoms with van der Waals surface area (Å²) in [5.41, 5.74) is 1.84. The number of hydrogen-bond donors (Lipinski definition) is 2. The summed E-state index contributed by atoms with van der Waals surface area (Å²) in [4.78, 5) is 11.9. The topological polar surface area (TPSA) is 50.4 Å². The van der Waals surface area contributed by atoms with E-state index in [0.717, 1.165) is 11.3 Å². The van der Waals surface area contributed by atoms with Gasteiger partial charge in [0.15, 0.2) is 0 Å². The third kappa shape index (κ3) is 4.47. The smallest absolute Gasteiger partial charge is 0.228 e. The van der Waals surface area contributed by atoms with Gasteiger partial charge in [0.2, 0.25) is 5.91 Å². The van der Waals surface area contributed by atoms with Crippen molar-refractivity contribution < 1.29 is 9.53 Å². The highest BCUT2D eigenvalue weighted by Crippen LogP contribution is 2.16. The van der Waals surface area contributed by atoms with Crippen molar-refractivity contribution in [2.75, 3.05) is 25.5 Å². The second-order valence-electron chi connectivity index (χ2n) is 4.24. The maximum Gasteiger partial charge on any atom is 0.228 e. The fourth-order valence-electron chi connectivity index (χ4n) is 1.63. The number of para-hydroxylation sites is 1. The first kappa shape index (κ1) is 14.7. The maximum atomic E-state index is 11.9. The largest absolute Gasteiger partial charge is 0.377 e. The van der Waals surface area contributed by atoms with Crippen molar-refractivity contribution in [2.24, 2.45) is 5.92 Å². The van der Waals surface area contributed by atoms with Crippen molar-refractivity contribution in [1.82, 2.24) is 5.32 Å². The van der Waals surface area contributed by atoms with Gasteiger partial charge in [-0.2, -0.15) is 0 Å². The summed E-state index contributed by atoms with van der Waals surface area (Å²) in [5.74, 6) is -0.0385. The highest BCUT2D eigenvalue weighted by Gasteiger charge is 2.13. The number of rotatable bonds is 7. The molecule has 18 heavy (non-hydrogen) atoms. The quantitative estimate of drug-likeness (QED) is 0.778. The van der Waals surface area contributed by atoms with Gasteiger partial charge in [-0.1, -0.05) is 25.1 Å². The van der Waals surface area contributed by atoms with Crippen LogP contribution in [0.1, 0.15) is 19.4 Å². The van der Waals surface area contributed by atoms with Crippen molar-refractivity contribution >= 4 is 11.6 Å². The average Bonchev–Trinajstić information content (AvgIpc) is 2.38. The minimum absolute atomic E-state index is 0.0216. The first-order valence-electron chi connectivity index (χ1n) is 6.30. The Labute approximate surface area is 109 Å². The second-order valence-corrected chi connectivity index (χ2v) is 4.24. The zero-order valence-corrected chi connectivity index (χ0v) is 11.3. The standard InChI is InChI=1S/C14H22N2O2/c1-4-18-10-12-7-5-6-8-13(12)16-14(17)11(2)9-15-3/h5-8,11,15H,4,9-10H2,1-3H3,(H,16,17). The van der Waals surface area contributed by atoms with Crippen molar-refractivity contribution in [1.29, 1.82) is 0 Å². The van der Waals surface area contributed by atoms with Gasteiger partial charge < -0.3 is 15.4 Å². The molecule has 0 aliphatic carbocycles. The molecule has 0 saturated heterocycles. The molecule has 0 saturated carbocycles. The zero-order valence-electron chi connectivity index (χ0n) is 11.3. The van der Waals surface area contributed by atoms with Crippen molar-refractivity contribution in [3.8, 4) is 0 Å². The summed E-state index contributed by atoms with van der Waals surface area (Å²) in [7, 11) is 1.84. The van der Waals surface area contributed by atoms with Gasteiger partial charge in [-0.25, -0.2) is 0 Å². The number of hydrogen-bond acceptors (Lipinski definition) is 3. The second kappa shape index (κ2) is 7.84. The molecule has 1 rings (SSSR count). The number of anilines is 1. The first-order chi connectivity index (χ1) is 8.69. The molecule has 100 valence electrons. The lowest BCUT2D eigenvalue weighted by atomic mass is 10.1.